The molecule has 0 saturated carbocycles. The lowest BCUT2D eigenvalue weighted by molar-refractivity contribution is -0.134. The molecule has 148 valence electrons. The van der Waals surface area contributed by atoms with E-state index in [0.717, 1.165) is 10.7 Å². The van der Waals surface area contributed by atoms with E-state index < -0.39 is 23.4 Å². The summed E-state index contributed by atoms with van der Waals surface area (Å²) >= 11 is 0. The summed E-state index contributed by atoms with van der Waals surface area (Å²) < 4.78 is 5.41. The Labute approximate surface area is 163 Å². The highest BCUT2D eigenvalue weighted by atomic mass is 16.3. The van der Waals surface area contributed by atoms with Crippen LogP contribution in [0.25, 0.3) is 0 Å². The predicted octanol–water partition coefficient (Wildman–Crippen LogP) is 1.47. The third-order valence-electron chi connectivity index (χ3n) is 4.92. The molecule has 1 fully saturated rings. The van der Waals surface area contributed by atoms with E-state index >= 15 is 0 Å². The summed E-state index contributed by atoms with van der Waals surface area (Å²) in [5.41, 5.74) is -0.513. The molecular formula is C20H24N4O4. The summed E-state index contributed by atoms with van der Waals surface area (Å²) in [7, 11) is 3.75. The normalized spacial score (nSPS) is 20.4. The van der Waals surface area contributed by atoms with Gasteiger partial charge in [-0.3, -0.25) is 19.4 Å². The topological polar surface area (TPSA) is 94.9 Å². The SMILES string of the molecule is CN(C)C(CNC(=O)CN1C(=O)NC(C)(c2ccccc2)C1=O)c1ccco1. The van der Waals surface area contributed by atoms with Crippen molar-refractivity contribution in [1.82, 2.24) is 20.4 Å². The summed E-state index contributed by atoms with van der Waals surface area (Å²) in [6, 6.07) is 11.8. The van der Waals surface area contributed by atoms with Gasteiger partial charge >= 0.3 is 6.03 Å². The zero-order valence-corrected chi connectivity index (χ0v) is 16.1. The molecule has 8 nitrogen and oxygen atoms in total. The van der Waals surface area contributed by atoms with Gasteiger partial charge in [-0.1, -0.05) is 30.3 Å². The van der Waals surface area contributed by atoms with E-state index in [4.69, 9.17) is 4.42 Å². The van der Waals surface area contributed by atoms with Gasteiger partial charge in [-0.25, -0.2) is 4.79 Å². The minimum absolute atomic E-state index is 0.156. The molecule has 2 unspecified atom stereocenters. The fourth-order valence-electron chi connectivity index (χ4n) is 3.24. The van der Waals surface area contributed by atoms with Gasteiger partial charge in [0.1, 0.15) is 17.8 Å². The Bertz CT molecular complexity index is 850. The maximum absolute atomic E-state index is 12.8. The van der Waals surface area contributed by atoms with Gasteiger partial charge in [-0.2, -0.15) is 0 Å². The second kappa shape index (κ2) is 7.85. The van der Waals surface area contributed by atoms with Crippen molar-refractivity contribution in [3.05, 3.63) is 60.1 Å². The van der Waals surface area contributed by atoms with E-state index in [-0.39, 0.29) is 12.6 Å². The van der Waals surface area contributed by atoms with Crippen LogP contribution in [0.3, 0.4) is 0 Å². The van der Waals surface area contributed by atoms with Gasteiger partial charge in [0, 0.05) is 6.54 Å². The van der Waals surface area contributed by atoms with Crippen molar-refractivity contribution >= 4 is 17.8 Å². The molecule has 1 aromatic heterocycles. The van der Waals surface area contributed by atoms with Crippen LogP contribution < -0.4 is 10.6 Å². The van der Waals surface area contributed by atoms with Gasteiger partial charge < -0.3 is 15.1 Å². The lowest BCUT2D eigenvalue weighted by Crippen LogP contribution is -2.44. The molecule has 1 saturated heterocycles. The number of rotatable bonds is 7. The molecule has 1 aliphatic rings. The number of nitrogens with zero attached hydrogens (tertiary/aromatic N) is 2. The van der Waals surface area contributed by atoms with E-state index in [2.05, 4.69) is 10.6 Å². The molecule has 4 amide bonds. The Hall–Kier alpha value is -3.13. The quantitative estimate of drug-likeness (QED) is 0.705. The first kappa shape index (κ1) is 19.6. The lowest BCUT2D eigenvalue weighted by Gasteiger charge is -2.23. The average molecular weight is 384 g/mol. The number of benzene rings is 1. The van der Waals surface area contributed by atoms with Crippen molar-refractivity contribution in [2.75, 3.05) is 27.2 Å². The van der Waals surface area contributed by atoms with Crippen LogP contribution >= 0.6 is 0 Å². The minimum Gasteiger partial charge on any atom is -0.468 e. The van der Waals surface area contributed by atoms with Crippen molar-refractivity contribution in [3.63, 3.8) is 0 Å². The third-order valence-corrected chi connectivity index (χ3v) is 4.92. The molecule has 2 N–H and O–H groups in total. The van der Waals surface area contributed by atoms with Crippen LogP contribution in [0.4, 0.5) is 4.79 Å². The third kappa shape index (κ3) is 3.77. The van der Waals surface area contributed by atoms with Crippen LogP contribution in [0.15, 0.2) is 53.1 Å². The molecule has 1 aliphatic heterocycles. The summed E-state index contributed by atoms with van der Waals surface area (Å²) in [6.45, 7) is 1.59. The van der Waals surface area contributed by atoms with E-state index in [9.17, 15) is 14.4 Å². The Kier molecular flexibility index (Phi) is 5.51. The molecule has 0 bridgehead atoms. The molecule has 0 aliphatic carbocycles. The summed E-state index contributed by atoms with van der Waals surface area (Å²) in [4.78, 5) is 40.4. The van der Waals surface area contributed by atoms with Crippen LogP contribution in [0.5, 0.6) is 0 Å². The molecule has 0 spiro atoms. The first-order valence-corrected chi connectivity index (χ1v) is 8.99. The number of carbonyl (C=O) groups excluding carboxylic acids is 3. The van der Waals surface area contributed by atoms with Crippen LogP contribution in [0.2, 0.25) is 0 Å². The largest absolute Gasteiger partial charge is 0.468 e. The fraction of sp³-hybridized carbons (Fsp3) is 0.350. The number of likely N-dealkylation sites (N-methyl/N-ethyl adjacent to an activating group) is 1. The first-order chi connectivity index (χ1) is 13.3. The maximum atomic E-state index is 12.8. The number of carbonyl (C=O) groups is 3. The Morgan fingerprint density at radius 2 is 1.93 bits per heavy atom. The second-order valence-corrected chi connectivity index (χ2v) is 7.11. The molecule has 8 heteroatoms. The van der Waals surface area contributed by atoms with Gasteiger partial charge in [0.25, 0.3) is 5.91 Å². The summed E-state index contributed by atoms with van der Waals surface area (Å²) in [5.74, 6) is -0.148. The Morgan fingerprint density at radius 3 is 2.54 bits per heavy atom. The fourth-order valence-corrected chi connectivity index (χ4v) is 3.24. The first-order valence-electron chi connectivity index (χ1n) is 8.99. The highest BCUT2D eigenvalue weighted by molar-refractivity contribution is 6.09. The average Bonchev–Trinajstić information content (AvgIpc) is 3.26. The molecule has 1 aromatic carbocycles. The Morgan fingerprint density at radius 1 is 1.21 bits per heavy atom. The molecule has 28 heavy (non-hydrogen) atoms. The zero-order valence-electron chi connectivity index (χ0n) is 16.1. The smallest absolute Gasteiger partial charge is 0.325 e. The molecule has 3 rings (SSSR count). The van der Waals surface area contributed by atoms with Gasteiger partial charge in [0.05, 0.1) is 12.3 Å². The minimum atomic E-state index is -1.18. The molecule has 0 radical (unpaired) electrons. The van der Waals surface area contributed by atoms with Gasteiger partial charge in [-0.05, 0) is 38.7 Å². The molecule has 2 aromatic rings. The van der Waals surface area contributed by atoms with Crippen molar-refractivity contribution in [2.24, 2.45) is 0 Å². The number of hydrogen-bond donors (Lipinski definition) is 2. The number of urea groups is 1. The standard InChI is InChI=1S/C20H24N4O4/c1-20(14-8-5-4-6-9-14)18(26)24(19(27)22-20)13-17(25)21-12-15(23(2)3)16-10-7-11-28-16/h4-11,15H,12-13H2,1-3H3,(H,21,25)(H,22,27). The lowest BCUT2D eigenvalue weighted by atomic mass is 9.92. The van der Waals surface area contributed by atoms with Crippen molar-refractivity contribution < 1.29 is 18.8 Å². The molecule has 2 atom stereocenters. The van der Waals surface area contributed by atoms with E-state index in [0.29, 0.717) is 12.1 Å². The van der Waals surface area contributed by atoms with E-state index in [1.165, 1.54) is 0 Å². The number of furan rings is 1. The van der Waals surface area contributed by atoms with Crippen LogP contribution in [0, 0.1) is 0 Å². The monoisotopic (exact) mass is 384 g/mol. The maximum Gasteiger partial charge on any atom is 0.325 e. The van der Waals surface area contributed by atoms with Gasteiger partial charge in [0.15, 0.2) is 0 Å². The Balaban J connectivity index is 1.64. The van der Waals surface area contributed by atoms with Crippen LogP contribution in [0.1, 0.15) is 24.3 Å². The zero-order chi connectivity index (χ0) is 20.3. The molecular weight excluding hydrogens is 360 g/mol. The van der Waals surface area contributed by atoms with Crippen LogP contribution in [-0.2, 0) is 15.1 Å². The van der Waals surface area contributed by atoms with Crippen molar-refractivity contribution in [2.45, 2.75) is 18.5 Å². The highest BCUT2D eigenvalue weighted by Gasteiger charge is 2.49. The number of nitrogens with one attached hydrogen (secondary N) is 2. The molecule has 2 heterocycles. The van der Waals surface area contributed by atoms with Crippen molar-refractivity contribution in [3.8, 4) is 0 Å². The predicted molar refractivity (Wildman–Crippen MR) is 102 cm³/mol. The van der Waals surface area contributed by atoms with E-state index in [1.807, 2.05) is 31.1 Å². The van der Waals surface area contributed by atoms with Gasteiger partial charge in [0.2, 0.25) is 5.91 Å². The summed E-state index contributed by atoms with van der Waals surface area (Å²) in [5, 5.41) is 5.46. The number of imide groups is 1. The number of hydrogen-bond acceptors (Lipinski definition) is 5. The van der Waals surface area contributed by atoms with E-state index in [1.54, 1.807) is 43.5 Å². The summed E-state index contributed by atoms with van der Waals surface area (Å²) in [6.07, 6.45) is 1.57. The number of amides is 4. The van der Waals surface area contributed by atoms with Crippen LogP contribution in [-0.4, -0.2) is 54.8 Å². The van der Waals surface area contributed by atoms with Crippen molar-refractivity contribution in [1.29, 1.82) is 0 Å². The second-order valence-electron chi connectivity index (χ2n) is 7.11. The highest BCUT2D eigenvalue weighted by Crippen LogP contribution is 2.28. The van der Waals surface area contributed by atoms with Gasteiger partial charge in [-0.15, -0.1) is 0 Å².